The third kappa shape index (κ3) is 3.19. The van der Waals surface area contributed by atoms with E-state index in [1.807, 2.05) is 0 Å². The van der Waals surface area contributed by atoms with Crippen molar-refractivity contribution >= 4 is 33.2 Å². The van der Waals surface area contributed by atoms with Gasteiger partial charge in [-0.05, 0) is 36.6 Å². The van der Waals surface area contributed by atoms with Crippen LogP contribution in [0.2, 0.25) is 0 Å². The molecule has 3 atom stereocenters. The second-order valence-electron chi connectivity index (χ2n) is 5.99. The molecule has 3 rings (SSSR count). The Labute approximate surface area is 151 Å². The number of nitrogens with one attached hydrogen (secondary N) is 1. The number of hydrogen-bond acceptors (Lipinski definition) is 6. The number of fused-ring (bicyclic) bond motifs is 1. The van der Waals surface area contributed by atoms with Crippen LogP contribution in [0.4, 0.5) is 11.4 Å². The Morgan fingerprint density at radius 2 is 2.00 bits per heavy atom. The highest BCUT2D eigenvalue weighted by Gasteiger charge is 2.32. The van der Waals surface area contributed by atoms with Gasteiger partial charge in [-0.15, -0.1) is 0 Å². The minimum absolute atomic E-state index is 0.0657. The van der Waals surface area contributed by atoms with E-state index < -0.39 is 28.0 Å². The first kappa shape index (κ1) is 18.1. The lowest BCUT2D eigenvalue weighted by Gasteiger charge is -2.25. The van der Waals surface area contributed by atoms with Crippen LogP contribution in [0.5, 0.6) is 0 Å². The monoisotopic (exact) mass is 375 g/mol. The average Bonchev–Trinajstić information content (AvgIpc) is 2.60. The lowest BCUT2D eigenvalue weighted by Crippen LogP contribution is -2.30. The van der Waals surface area contributed by atoms with Crippen molar-refractivity contribution in [3.8, 4) is 0 Å². The second-order valence-corrected chi connectivity index (χ2v) is 6.96. The van der Waals surface area contributed by atoms with E-state index in [1.165, 1.54) is 18.2 Å². The number of rotatable bonds is 4. The minimum atomic E-state index is -2.10. The van der Waals surface area contributed by atoms with E-state index in [1.54, 1.807) is 31.2 Å². The van der Waals surface area contributed by atoms with Crippen molar-refractivity contribution in [1.82, 2.24) is 0 Å². The summed E-state index contributed by atoms with van der Waals surface area (Å²) >= 11 is -2.10. The number of nitrogens with two attached hydrogens (primary N) is 1. The van der Waals surface area contributed by atoms with E-state index in [-0.39, 0.29) is 10.6 Å². The number of allylic oxidation sites excluding steroid dienone is 2. The molecule has 0 aliphatic heterocycles. The fraction of sp³-hybridized carbons (Fsp3) is 0.176. The van der Waals surface area contributed by atoms with Crippen molar-refractivity contribution in [3.63, 3.8) is 0 Å². The molecule has 0 heterocycles. The molecule has 0 fully saturated rings. The largest absolute Gasteiger partial charge is 0.397 e. The number of aliphatic hydroxyl groups excluding tert-OH is 1. The number of aliphatic hydroxyl groups is 1. The fourth-order valence-electron chi connectivity index (χ4n) is 2.92. The molecule has 0 aromatic heterocycles. The number of nitrogens with zero attached hydrogens (tertiary/aromatic N) is 1. The summed E-state index contributed by atoms with van der Waals surface area (Å²) in [6.07, 6.45) is 1.73. The van der Waals surface area contributed by atoms with Crippen molar-refractivity contribution in [2.75, 3.05) is 11.1 Å². The van der Waals surface area contributed by atoms with Crippen LogP contribution in [0.3, 0.4) is 0 Å². The van der Waals surface area contributed by atoms with Gasteiger partial charge < -0.3 is 20.7 Å². The van der Waals surface area contributed by atoms with Crippen molar-refractivity contribution < 1.29 is 18.8 Å². The summed E-state index contributed by atoms with van der Waals surface area (Å²) < 4.78 is 20.5. The van der Waals surface area contributed by atoms with Gasteiger partial charge in [0.25, 0.3) is 5.70 Å². The molecule has 2 aromatic carbocycles. The molecule has 0 radical (unpaired) electrons. The molecule has 0 saturated heterocycles. The zero-order valence-electron chi connectivity index (χ0n) is 13.7. The first-order valence-electron chi connectivity index (χ1n) is 7.74. The lowest BCUT2D eigenvalue weighted by atomic mass is 9.93. The van der Waals surface area contributed by atoms with Gasteiger partial charge in [0.2, 0.25) is 0 Å². The van der Waals surface area contributed by atoms with E-state index in [4.69, 9.17) is 5.73 Å². The normalized spacial score (nSPS) is 21.0. The SMILES string of the molecule is CC1C([N+](=O)[O-])=CC=C(Nc2c(N)ccc3cc(S(=O)O)ccc23)C1O. The lowest BCUT2D eigenvalue weighted by molar-refractivity contribution is -0.435. The standard InChI is InChI=1S/C17H17N3O5S/c1-9-15(20(22)23)7-6-14(17(9)21)19-16-12-4-3-11(26(24)25)8-10(12)2-5-13(16)18/h2-9,17,19,21H,18H2,1H3,(H,24,25). The van der Waals surface area contributed by atoms with E-state index in [2.05, 4.69) is 5.32 Å². The molecule has 0 saturated carbocycles. The van der Waals surface area contributed by atoms with Crippen molar-refractivity contribution in [2.24, 2.45) is 5.92 Å². The van der Waals surface area contributed by atoms with Gasteiger partial charge in [-0.2, -0.15) is 0 Å². The quantitative estimate of drug-likeness (QED) is 0.279. The summed E-state index contributed by atoms with van der Waals surface area (Å²) in [5.41, 5.74) is 7.31. The Morgan fingerprint density at radius 1 is 1.27 bits per heavy atom. The molecule has 2 aromatic rings. The van der Waals surface area contributed by atoms with Gasteiger partial charge in [-0.25, -0.2) is 4.21 Å². The van der Waals surface area contributed by atoms with Gasteiger partial charge in [0.05, 0.1) is 27.1 Å². The van der Waals surface area contributed by atoms with E-state index >= 15 is 0 Å². The number of benzene rings is 2. The zero-order chi connectivity index (χ0) is 19.0. The Balaban J connectivity index is 2.05. The van der Waals surface area contributed by atoms with Crippen LogP contribution in [0.1, 0.15) is 6.92 Å². The minimum Gasteiger partial charge on any atom is -0.397 e. The van der Waals surface area contributed by atoms with Gasteiger partial charge >= 0.3 is 0 Å². The van der Waals surface area contributed by atoms with E-state index in [0.29, 0.717) is 27.8 Å². The summed E-state index contributed by atoms with van der Waals surface area (Å²) in [4.78, 5) is 10.8. The van der Waals surface area contributed by atoms with Gasteiger partial charge in [-0.3, -0.25) is 10.1 Å². The molecule has 3 unspecified atom stereocenters. The van der Waals surface area contributed by atoms with Crippen LogP contribution in [0.15, 0.2) is 58.8 Å². The topological polar surface area (TPSA) is 139 Å². The van der Waals surface area contributed by atoms with Crippen molar-refractivity contribution in [3.05, 3.63) is 64.0 Å². The predicted molar refractivity (Wildman–Crippen MR) is 99.4 cm³/mol. The van der Waals surface area contributed by atoms with E-state index in [9.17, 15) is 24.0 Å². The van der Waals surface area contributed by atoms with Crippen LogP contribution < -0.4 is 11.1 Å². The van der Waals surface area contributed by atoms with Crippen LogP contribution in [-0.2, 0) is 11.1 Å². The van der Waals surface area contributed by atoms with Crippen LogP contribution in [0.25, 0.3) is 10.8 Å². The molecule has 8 nitrogen and oxygen atoms in total. The maximum Gasteiger partial charge on any atom is 0.252 e. The maximum absolute atomic E-state index is 11.2. The Hall–Kier alpha value is -2.75. The highest BCUT2D eigenvalue weighted by Crippen LogP contribution is 2.34. The molecule has 0 amide bonds. The Kier molecular flexibility index (Phi) is 4.77. The van der Waals surface area contributed by atoms with Crippen LogP contribution in [-0.4, -0.2) is 24.9 Å². The molecular weight excluding hydrogens is 358 g/mol. The third-order valence-electron chi connectivity index (χ3n) is 4.40. The summed E-state index contributed by atoms with van der Waals surface area (Å²) in [6, 6.07) is 8.13. The smallest absolute Gasteiger partial charge is 0.252 e. The summed E-state index contributed by atoms with van der Waals surface area (Å²) in [6.45, 7) is 1.57. The molecule has 1 aliphatic carbocycles. The highest BCUT2D eigenvalue weighted by atomic mass is 32.2. The fourth-order valence-corrected chi connectivity index (χ4v) is 3.33. The summed E-state index contributed by atoms with van der Waals surface area (Å²) in [7, 11) is 0. The van der Waals surface area contributed by atoms with Gasteiger partial charge in [-0.1, -0.05) is 12.1 Å². The molecule has 5 N–H and O–H groups in total. The third-order valence-corrected chi connectivity index (χ3v) is 5.05. The van der Waals surface area contributed by atoms with Crippen LogP contribution in [0, 0.1) is 16.0 Å². The van der Waals surface area contributed by atoms with Crippen molar-refractivity contribution in [1.29, 1.82) is 0 Å². The molecule has 26 heavy (non-hydrogen) atoms. The zero-order valence-corrected chi connectivity index (χ0v) is 14.6. The number of anilines is 2. The molecule has 0 spiro atoms. The predicted octanol–water partition coefficient (Wildman–Crippen LogP) is 2.47. The van der Waals surface area contributed by atoms with Gasteiger partial charge in [0.1, 0.15) is 6.10 Å². The Morgan fingerprint density at radius 3 is 2.65 bits per heavy atom. The average molecular weight is 375 g/mol. The van der Waals surface area contributed by atoms with E-state index in [0.717, 1.165) is 0 Å². The number of nitro groups is 1. The molecule has 0 bridgehead atoms. The molecular formula is C17H17N3O5S. The molecule has 1 aliphatic rings. The van der Waals surface area contributed by atoms with Gasteiger partial charge in [0, 0.05) is 17.2 Å². The Bertz CT molecular complexity index is 986. The first-order valence-corrected chi connectivity index (χ1v) is 8.84. The molecule has 136 valence electrons. The summed E-state index contributed by atoms with van der Waals surface area (Å²) in [5, 5.41) is 25.9. The summed E-state index contributed by atoms with van der Waals surface area (Å²) in [5.74, 6) is -0.683. The highest BCUT2D eigenvalue weighted by molar-refractivity contribution is 7.79. The van der Waals surface area contributed by atoms with Crippen LogP contribution >= 0.6 is 0 Å². The number of nitrogen functional groups attached to an aromatic ring is 1. The van der Waals surface area contributed by atoms with Crippen molar-refractivity contribution in [2.45, 2.75) is 17.9 Å². The van der Waals surface area contributed by atoms with Gasteiger partial charge in [0.15, 0.2) is 11.1 Å². The number of hydrogen-bond donors (Lipinski definition) is 4. The maximum atomic E-state index is 11.2. The molecule has 9 heteroatoms. The second kappa shape index (κ2) is 6.87. The first-order chi connectivity index (χ1) is 12.3.